The molecule has 1 aliphatic rings. The van der Waals surface area contributed by atoms with Crippen molar-refractivity contribution >= 4 is 11.0 Å². The number of hydrogen-bond donors (Lipinski definition) is 1. The van der Waals surface area contributed by atoms with Crippen LogP contribution in [0.4, 0.5) is 0 Å². The van der Waals surface area contributed by atoms with Crippen molar-refractivity contribution < 1.29 is 9.15 Å². The Bertz CT molecular complexity index is 579. The number of para-hydroxylation sites is 1. The first-order valence-corrected chi connectivity index (χ1v) is 7.21. The smallest absolute Gasteiger partial charge is 0.134 e. The molecule has 1 atom stereocenters. The molecular weight excluding hydrogens is 252 g/mol. The molecule has 0 bridgehead atoms. The van der Waals surface area contributed by atoms with Gasteiger partial charge in [-0.2, -0.15) is 0 Å². The highest BCUT2D eigenvalue weighted by atomic mass is 16.5. The predicted molar refractivity (Wildman–Crippen MR) is 79.7 cm³/mol. The van der Waals surface area contributed by atoms with E-state index in [-0.39, 0.29) is 0 Å². The molecule has 0 amide bonds. The van der Waals surface area contributed by atoms with E-state index >= 15 is 0 Å². The molecule has 108 valence electrons. The Morgan fingerprint density at radius 3 is 3.00 bits per heavy atom. The van der Waals surface area contributed by atoms with Crippen LogP contribution < -0.4 is 5.32 Å². The van der Waals surface area contributed by atoms with Gasteiger partial charge >= 0.3 is 0 Å². The molecule has 2 aromatic rings. The fraction of sp³-hybridized carbons (Fsp3) is 0.500. The summed E-state index contributed by atoms with van der Waals surface area (Å²) in [7, 11) is 3.77. The zero-order valence-corrected chi connectivity index (χ0v) is 12.2. The van der Waals surface area contributed by atoms with Crippen molar-refractivity contribution in [3.8, 4) is 0 Å². The number of benzene rings is 1. The highest BCUT2D eigenvalue weighted by Crippen LogP contribution is 2.28. The van der Waals surface area contributed by atoms with Crippen LogP contribution in [0.3, 0.4) is 0 Å². The van der Waals surface area contributed by atoms with Gasteiger partial charge in [0.25, 0.3) is 0 Å². The van der Waals surface area contributed by atoms with Gasteiger partial charge in [-0.25, -0.2) is 0 Å². The molecule has 1 aliphatic heterocycles. The van der Waals surface area contributed by atoms with E-state index < -0.39 is 0 Å². The van der Waals surface area contributed by atoms with Crippen molar-refractivity contribution in [3.05, 3.63) is 35.6 Å². The molecule has 0 aliphatic carbocycles. The van der Waals surface area contributed by atoms with E-state index in [2.05, 4.69) is 22.3 Å². The summed E-state index contributed by atoms with van der Waals surface area (Å²) in [5.41, 5.74) is 2.26. The van der Waals surface area contributed by atoms with Gasteiger partial charge in [-0.3, -0.25) is 4.90 Å². The number of nitrogens with zero attached hydrogens (tertiary/aromatic N) is 1. The van der Waals surface area contributed by atoms with Gasteiger partial charge in [-0.1, -0.05) is 18.2 Å². The van der Waals surface area contributed by atoms with Crippen LogP contribution in [-0.2, 0) is 17.8 Å². The summed E-state index contributed by atoms with van der Waals surface area (Å²) in [6.07, 6.45) is 1.48. The van der Waals surface area contributed by atoms with Gasteiger partial charge in [0.05, 0.1) is 12.6 Å². The minimum absolute atomic E-state index is 0.368. The maximum atomic E-state index is 6.06. The van der Waals surface area contributed by atoms with E-state index in [4.69, 9.17) is 9.15 Å². The third-order valence-corrected chi connectivity index (χ3v) is 4.07. The molecule has 1 aromatic carbocycles. The van der Waals surface area contributed by atoms with Gasteiger partial charge < -0.3 is 14.5 Å². The van der Waals surface area contributed by atoms with Gasteiger partial charge in [0.2, 0.25) is 0 Å². The molecule has 4 heteroatoms. The fourth-order valence-electron chi connectivity index (χ4n) is 2.98. The summed E-state index contributed by atoms with van der Waals surface area (Å²) in [6, 6.07) is 8.27. The van der Waals surface area contributed by atoms with Crippen molar-refractivity contribution in [2.45, 2.75) is 25.6 Å². The van der Waals surface area contributed by atoms with E-state index in [0.29, 0.717) is 6.10 Å². The lowest BCUT2D eigenvalue weighted by atomic mass is 10.1. The Morgan fingerprint density at radius 1 is 1.40 bits per heavy atom. The normalized spacial score (nSPS) is 20.0. The second-order valence-corrected chi connectivity index (χ2v) is 5.41. The lowest BCUT2D eigenvalue weighted by Crippen LogP contribution is -2.23. The van der Waals surface area contributed by atoms with E-state index in [9.17, 15) is 0 Å². The van der Waals surface area contributed by atoms with E-state index in [0.717, 1.165) is 43.9 Å². The molecule has 3 rings (SSSR count). The zero-order chi connectivity index (χ0) is 13.9. The van der Waals surface area contributed by atoms with Gasteiger partial charge in [0.1, 0.15) is 11.3 Å². The number of ether oxygens (including phenoxy) is 1. The zero-order valence-electron chi connectivity index (χ0n) is 12.2. The number of nitrogens with one attached hydrogen (secondary N) is 1. The number of hydrogen-bond acceptors (Lipinski definition) is 4. The van der Waals surface area contributed by atoms with Crippen molar-refractivity contribution in [2.24, 2.45) is 0 Å². The Morgan fingerprint density at radius 2 is 2.25 bits per heavy atom. The van der Waals surface area contributed by atoms with Crippen molar-refractivity contribution in [1.82, 2.24) is 10.2 Å². The topological polar surface area (TPSA) is 37.6 Å². The molecule has 0 spiro atoms. The van der Waals surface area contributed by atoms with Crippen LogP contribution in [0.2, 0.25) is 0 Å². The van der Waals surface area contributed by atoms with Crippen LogP contribution in [0.15, 0.2) is 28.7 Å². The Kier molecular flexibility index (Phi) is 4.05. The molecular formula is C16H22N2O2. The molecule has 0 saturated carbocycles. The summed E-state index contributed by atoms with van der Waals surface area (Å²) in [4.78, 5) is 2.41. The predicted octanol–water partition coefficient (Wildman–Crippen LogP) is 2.37. The lowest BCUT2D eigenvalue weighted by molar-refractivity contribution is 0.106. The first-order valence-electron chi connectivity index (χ1n) is 7.21. The molecule has 1 fully saturated rings. The van der Waals surface area contributed by atoms with E-state index in [1.165, 1.54) is 10.9 Å². The highest BCUT2D eigenvalue weighted by Gasteiger charge is 2.24. The summed E-state index contributed by atoms with van der Waals surface area (Å²) in [5, 5.41) is 4.47. The van der Waals surface area contributed by atoms with Gasteiger partial charge in [0, 0.05) is 37.7 Å². The van der Waals surface area contributed by atoms with Crippen LogP contribution in [0.5, 0.6) is 0 Å². The van der Waals surface area contributed by atoms with Gasteiger partial charge in [-0.15, -0.1) is 0 Å². The maximum Gasteiger partial charge on any atom is 0.134 e. The molecule has 1 saturated heterocycles. The average Bonchev–Trinajstić information content (AvgIpc) is 3.05. The monoisotopic (exact) mass is 274 g/mol. The molecule has 2 heterocycles. The highest BCUT2D eigenvalue weighted by molar-refractivity contribution is 5.82. The quantitative estimate of drug-likeness (QED) is 0.908. The van der Waals surface area contributed by atoms with E-state index in [1.807, 2.05) is 19.2 Å². The van der Waals surface area contributed by atoms with Crippen molar-refractivity contribution in [2.75, 3.05) is 27.2 Å². The van der Waals surface area contributed by atoms with Gasteiger partial charge in [-0.05, 0) is 19.5 Å². The SMILES string of the molecule is CNCc1c(CN2CCC(OC)C2)oc2ccccc12. The maximum absolute atomic E-state index is 6.06. The molecule has 4 nitrogen and oxygen atoms in total. The summed E-state index contributed by atoms with van der Waals surface area (Å²) < 4.78 is 11.5. The molecule has 1 unspecified atom stereocenters. The molecule has 0 radical (unpaired) electrons. The number of likely N-dealkylation sites (tertiary alicyclic amines) is 1. The van der Waals surface area contributed by atoms with Crippen molar-refractivity contribution in [1.29, 1.82) is 0 Å². The number of fused-ring (bicyclic) bond motifs is 1. The number of methoxy groups -OCH3 is 1. The van der Waals surface area contributed by atoms with Crippen LogP contribution in [0, 0.1) is 0 Å². The summed E-state index contributed by atoms with van der Waals surface area (Å²) in [6.45, 7) is 3.78. The first-order chi connectivity index (χ1) is 9.81. The fourth-order valence-corrected chi connectivity index (χ4v) is 2.98. The summed E-state index contributed by atoms with van der Waals surface area (Å²) in [5.74, 6) is 1.08. The largest absolute Gasteiger partial charge is 0.459 e. The van der Waals surface area contributed by atoms with Crippen LogP contribution in [0.25, 0.3) is 11.0 Å². The lowest BCUT2D eigenvalue weighted by Gasteiger charge is -2.14. The third-order valence-electron chi connectivity index (χ3n) is 4.07. The summed E-state index contributed by atoms with van der Waals surface area (Å²) >= 11 is 0. The van der Waals surface area contributed by atoms with Gasteiger partial charge in [0.15, 0.2) is 0 Å². The minimum Gasteiger partial charge on any atom is -0.459 e. The van der Waals surface area contributed by atoms with Crippen molar-refractivity contribution in [3.63, 3.8) is 0 Å². The third kappa shape index (κ3) is 2.59. The van der Waals surface area contributed by atoms with Crippen LogP contribution >= 0.6 is 0 Å². The Balaban J connectivity index is 1.85. The molecule has 1 N–H and O–H groups in total. The van der Waals surface area contributed by atoms with E-state index in [1.54, 1.807) is 7.11 Å². The van der Waals surface area contributed by atoms with Crippen LogP contribution in [-0.4, -0.2) is 38.3 Å². The molecule has 1 aromatic heterocycles. The first kappa shape index (κ1) is 13.6. The standard InChI is InChI=1S/C16H22N2O2/c1-17-9-14-13-5-3-4-6-15(13)20-16(14)11-18-8-7-12(10-18)19-2/h3-6,12,17H,7-11H2,1-2H3. The number of rotatable bonds is 5. The second-order valence-electron chi connectivity index (χ2n) is 5.41. The average molecular weight is 274 g/mol. The Labute approximate surface area is 119 Å². The van der Waals surface area contributed by atoms with Crippen LogP contribution in [0.1, 0.15) is 17.7 Å². The number of furan rings is 1. The second kappa shape index (κ2) is 5.95. The Hall–Kier alpha value is -1.36. The minimum atomic E-state index is 0.368. The molecule has 20 heavy (non-hydrogen) atoms.